The largest absolute Gasteiger partial charge is 0.452 e. The topological polar surface area (TPSA) is 30.2 Å². The molecule has 0 aromatic carbocycles. The first kappa shape index (κ1) is 9.33. The lowest BCUT2D eigenvalue weighted by Crippen LogP contribution is -2.19. The second-order valence-electron chi connectivity index (χ2n) is 3.69. The van der Waals surface area contributed by atoms with Crippen molar-refractivity contribution in [3.05, 3.63) is 23.1 Å². The van der Waals surface area contributed by atoms with Crippen molar-refractivity contribution in [2.45, 2.75) is 20.8 Å². The normalized spacial score (nSPS) is 11.7. The quantitative estimate of drug-likeness (QED) is 0.631. The van der Waals surface area contributed by atoms with E-state index in [0.29, 0.717) is 5.56 Å². The van der Waals surface area contributed by atoms with Crippen LogP contribution in [0.2, 0.25) is 5.22 Å². The molecule has 0 saturated heterocycles. The van der Waals surface area contributed by atoms with E-state index in [1.54, 1.807) is 6.07 Å². The Kier molecular flexibility index (Phi) is 2.29. The molecular formula is C9H11ClO2. The zero-order valence-electron chi connectivity index (χ0n) is 7.35. The zero-order chi connectivity index (χ0) is 9.35. The van der Waals surface area contributed by atoms with Gasteiger partial charge < -0.3 is 4.42 Å². The van der Waals surface area contributed by atoms with Gasteiger partial charge in [0.15, 0.2) is 5.78 Å². The second-order valence-corrected chi connectivity index (χ2v) is 4.03. The molecule has 3 heteroatoms. The molecule has 0 bridgehead atoms. The van der Waals surface area contributed by atoms with Crippen molar-refractivity contribution < 1.29 is 9.21 Å². The molecule has 0 aliphatic carbocycles. The summed E-state index contributed by atoms with van der Waals surface area (Å²) in [5.41, 5.74) is 0.0530. The lowest BCUT2D eigenvalue weighted by Gasteiger charge is -2.14. The number of rotatable bonds is 1. The monoisotopic (exact) mass is 186 g/mol. The SMILES string of the molecule is CC(C)(C)C(=O)c1ccoc1Cl. The molecule has 0 fully saturated rings. The molecular weight excluding hydrogens is 176 g/mol. The van der Waals surface area contributed by atoms with Gasteiger partial charge >= 0.3 is 0 Å². The Morgan fingerprint density at radius 1 is 1.50 bits per heavy atom. The van der Waals surface area contributed by atoms with Crippen LogP contribution in [0.15, 0.2) is 16.7 Å². The Morgan fingerprint density at radius 2 is 2.08 bits per heavy atom. The van der Waals surface area contributed by atoms with E-state index in [1.165, 1.54) is 6.26 Å². The maximum absolute atomic E-state index is 11.6. The van der Waals surface area contributed by atoms with E-state index < -0.39 is 5.41 Å². The molecule has 0 saturated carbocycles. The average molecular weight is 187 g/mol. The number of Topliss-reactive ketones (excluding diaryl/α,β-unsaturated/α-hetero) is 1. The molecule has 12 heavy (non-hydrogen) atoms. The Morgan fingerprint density at radius 3 is 2.42 bits per heavy atom. The van der Waals surface area contributed by atoms with Gasteiger partial charge in [-0.15, -0.1) is 0 Å². The highest BCUT2D eigenvalue weighted by Gasteiger charge is 2.25. The van der Waals surface area contributed by atoms with E-state index in [9.17, 15) is 4.79 Å². The van der Waals surface area contributed by atoms with Gasteiger partial charge in [-0.2, -0.15) is 0 Å². The first-order valence-electron chi connectivity index (χ1n) is 3.70. The van der Waals surface area contributed by atoms with Gasteiger partial charge in [-0.25, -0.2) is 0 Å². The first-order valence-corrected chi connectivity index (χ1v) is 4.08. The maximum Gasteiger partial charge on any atom is 0.203 e. The summed E-state index contributed by atoms with van der Waals surface area (Å²) in [6.45, 7) is 5.54. The zero-order valence-corrected chi connectivity index (χ0v) is 8.11. The maximum atomic E-state index is 11.6. The molecule has 1 rings (SSSR count). The molecule has 0 N–H and O–H groups in total. The minimum atomic E-state index is -0.409. The molecule has 1 aromatic rings. The molecule has 0 aliphatic rings. The third kappa shape index (κ3) is 1.69. The van der Waals surface area contributed by atoms with Gasteiger partial charge in [0, 0.05) is 5.41 Å². The molecule has 0 aliphatic heterocycles. The minimum Gasteiger partial charge on any atom is -0.452 e. The third-order valence-corrected chi connectivity index (χ3v) is 1.84. The van der Waals surface area contributed by atoms with Crippen LogP contribution >= 0.6 is 11.6 Å². The predicted molar refractivity (Wildman–Crippen MR) is 47.5 cm³/mol. The summed E-state index contributed by atoms with van der Waals surface area (Å²) in [6.07, 6.45) is 1.42. The first-order chi connectivity index (χ1) is 5.43. The molecule has 0 spiro atoms. The molecule has 1 heterocycles. The highest BCUT2D eigenvalue weighted by atomic mass is 35.5. The van der Waals surface area contributed by atoms with Gasteiger partial charge in [-0.1, -0.05) is 20.8 Å². The van der Waals surface area contributed by atoms with E-state index in [-0.39, 0.29) is 11.0 Å². The van der Waals surface area contributed by atoms with Crippen molar-refractivity contribution in [2.75, 3.05) is 0 Å². The fourth-order valence-electron chi connectivity index (χ4n) is 0.860. The van der Waals surface area contributed by atoms with Crippen molar-refractivity contribution >= 4 is 17.4 Å². The number of ketones is 1. The van der Waals surface area contributed by atoms with Crippen molar-refractivity contribution in [3.8, 4) is 0 Å². The molecule has 66 valence electrons. The van der Waals surface area contributed by atoms with Gasteiger partial charge in [-0.3, -0.25) is 4.79 Å². The summed E-state index contributed by atoms with van der Waals surface area (Å²) in [5.74, 6) is 0.00116. The minimum absolute atomic E-state index is 0.00116. The van der Waals surface area contributed by atoms with E-state index in [0.717, 1.165) is 0 Å². The number of carbonyl (C=O) groups is 1. The number of hydrogen-bond acceptors (Lipinski definition) is 2. The van der Waals surface area contributed by atoms with Crippen molar-refractivity contribution in [2.24, 2.45) is 5.41 Å². The molecule has 2 nitrogen and oxygen atoms in total. The fraction of sp³-hybridized carbons (Fsp3) is 0.444. The molecule has 0 amide bonds. The van der Waals surface area contributed by atoms with Gasteiger partial charge in [-0.05, 0) is 17.7 Å². The summed E-state index contributed by atoms with van der Waals surface area (Å²) in [4.78, 5) is 11.6. The molecule has 0 radical (unpaired) electrons. The molecule has 0 atom stereocenters. The molecule has 0 unspecified atom stereocenters. The third-order valence-electron chi connectivity index (χ3n) is 1.54. The van der Waals surface area contributed by atoms with Crippen LogP contribution < -0.4 is 0 Å². The lowest BCUT2D eigenvalue weighted by molar-refractivity contribution is 0.0858. The van der Waals surface area contributed by atoms with E-state index in [1.807, 2.05) is 20.8 Å². The number of furan rings is 1. The Hall–Kier alpha value is -0.760. The van der Waals surface area contributed by atoms with Crippen LogP contribution in [-0.4, -0.2) is 5.78 Å². The Labute approximate surface area is 76.5 Å². The Bertz CT molecular complexity index is 294. The number of carbonyl (C=O) groups excluding carboxylic acids is 1. The van der Waals surface area contributed by atoms with Crippen LogP contribution in [0.3, 0.4) is 0 Å². The Balaban J connectivity index is 3.01. The van der Waals surface area contributed by atoms with Crippen molar-refractivity contribution in [1.29, 1.82) is 0 Å². The van der Waals surface area contributed by atoms with Gasteiger partial charge in [0.25, 0.3) is 0 Å². The highest BCUT2D eigenvalue weighted by Crippen LogP contribution is 2.26. The summed E-state index contributed by atoms with van der Waals surface area (Å²) >= 11 is 5.65. The summed E-state index contributed by atoms with van der Waals surface area (Å²) < 4.78 is 4.83. The van der Waals surface area contributed by atoms with Crippen LogP contribution in [0.4, 0.5) is 0 Å². The highest BCUT2D eigenvalue weighted by molar-refractivity contribution is 6.32. The predicted octanol–water partition coefficient (Wildman–Crippen LogP) is 3.16. The van der Waals surface area contributed by atoms with Crippen molar-refractivity contribution in [1.82, 2.24) is 0 Å². The average Bonchev–Trinajstić information content (AvgIpc) is 2.31. The van der Waals surface area contributed by atoms with E-state index in [4.69, 9.17) is 16.0 Å². The second kappa shape index (κ2) is 2.94. The number of hydrogen-bond donors (Lipinski definition) is 0. The van der Waals surface area contributed by atoms with E-state index >= 15 is 0 Å². The summed E-state index contributed by atoms with van der Waals surface area (Å²) in [6, 6.07) is 1.59. The van der Waals surface area contributed by atoms with E-state index in [2.05, 4.69) is 0 Å². The summed E-state index contributed by atoms with van der Waals surface area (Å²) in [7, 11) is 0. The van der Waals surface area contributed by atoms with Gasteiger partial charge in [0.05, 0.1) is 11.8 Å². The smallest absolute Gasteiger partial charge is 0.203 e. The van der Waals surface area contributed by atoms with Crippen LogP contribution in [0.5, 0.6) is 0 Å². The van der Waals surface area contributed by atoms with Gasteiger partial charge in [0.1, 0.15) is 0 Å². The van der Waals surface area contributed by atoms with Crippen molar-refractivity contribution in [3.63, 3.8) is 0 Å². The molecule has 1 aromatic heterocycles. The summed E-state index contributed by atoms with van der Waals surface area (Å²) in [5, 5.41) is 0.176. The fourth-order valence-corrected chi connectivity index (χ4v) is 1.06. The lowest BCUT2D eigenvalue weighted by atomic mass is 9.88. The van der Waals surface area contributed by atoms with Gasteiger partial charge in [0.2, 0.25) is 5.22 Å². The number of halogens is 1. The van der Waals surface area contributed by atoms with Crippen LogP contribution in [0.1, 0.15) is 31.1 Å². The van der Waals surface area contributed by atoms with Crippen LogP contribution in [-0.2, 0) is 0 Å². The van der Waals surface area contributed by atoms with Crippen LogP contribution in [0.25, 0.3) is 0 Å². The van der Waals surface area contributed by atoms with Crippen LogP contribution in [0, 0.1) is 5.41 Å². The standard InChI is InChI=1S/C9H11ClO2/c1-9(2,3)7(11)6-4-5-12-8(6)10/h4-5H,1-3H3.